The Bertz CT molecular complexity index is 865. The lowest BCUT2D eigenvalue weighted by Gasteiger charge is -2.35. The van der Waals surface area contributed by atoms with Crippen molar-refractivity contribution in [3.63, 3.8) is 0 Å². The maximum absolute atomic E-state index is 13.1. The standard InChI is InChI=1S/C23H30N2O6/c1-27-17-7-5-16(6-8-17)19(25-11-13-31-14-12-25)15-24-23(26)18-9-10-20(28-2)22(30-4)21(18)29-3/h5-10,19H,11-15H2,1-4H3,(H,24,26). The molecule has 3 rings (SSSR count). The van der Waals surface area contributed by atoms with E-state index in [2.05, 4.69) is 10.2 Å². The van der Waals surface area contributed by atoms with Gasteiger partial charge in [0.05, 0.1) is 53.3 Å². The number of nitrogens with one attached hydrogen (secondary N) is 1. The summed E-state index contributed by atoms with van der Waals surface area (Å²) in [5.74, 6) is 1.78. The Morgan fingerprint density at radius 2 is 1.61 bits per heavy atom. The predicted octanol–water partition coefficient (Wildman–Crippen LogP) is 2.52. The zero-order valence-corrected chi connectivity index (χ0v) is 18.5. The largest absolute Gasteiger partial charge is 0.497 e. The van der Waals surface area contributed by atoms with Crippen molar-refractivity contribution in [3.05, 3.63) is 47.5 Å². The van der Waals surface area contributed by atoms with E-state index in [9.17, 15) is 4.79 Å². The first-order chi connectivity index (χ1) is 15.1. The Hall–Kier alpha value is -2.97. The Kier molecular flexibility index (Phi) is 7.97. The average molecular weight is 431 g/mol. The van der Waals surface area contributed by atoms with Gasteiger partial charge in [-0.1, -0.05) is 12.1 Å². The number of methoxy groups -OCH3 is 4. The van der Waals surface area contributed by atoms with E-state index in [0.29, 0.717) is 42.6 Å². The van der Waals surface area contributed by atoms with Crippen molar-refractivity contribution in [2.75, 3.05) is 61.3 Å². The van der Waals surface area contributed by atoms with Crippen molar-refractivity contribution in [2.24, 2.45) is 0 Å². The van der Waals surface area contributed by atoms with Gasteiger partial charge in [-0.05, 0) is 29.8 Å². The molecule has 0 aromatic heterocycles. The number of rotatable bonds is 9. The van der Waals surface area contributed by atoms with Gasteiger partial charge in [-0.2, -0.15) is 0 Å². The van der Waals surface area contributed by atoms with Crippen LogP contribution in [0.2, 0.25) is 0 Å². The number of hydrogen-bond donors (Lipinski definition) is 1. The maximum atomic E-state index is 13.1. The zero-order valence-electron chi connectivity index (χ0n) is 18.5. The third-order valence-corrected chi connectivity index (χ3v) is 5.39. The van der Waals surface area contributed by atoms with E-state index < -0.39 is 0 Å². The van der Waals surface area contributed by atoms with Gasteiger partial charge in [0.25, 0.3) is 5.91 Å². The smallest absolute Gasteiger partial charge is 0.255 e. The zero-order chi connectivity index (χ0) is 22.2. The SMILES string of the molecule is COc1ccc(C(CNC(=O)c2ccc(OC)c(OC)c2OC)N2CCOCC2)cc1. The number of amides is 1. The second kappa shape index (κ2) is 10.9. The van der Waals surface area contributed by atoms with Gasteiger partial charge in [0, 0.05) is 19.6 Å². The first-order valence-corrected chi connectivity index (χ1v) is 10.2. The van der Waals surface area contributed by atoms with Gasteiger partial charge in [-0.15, -0.1) is 0 Å². The second-order valence-corrected chi connectivity index (χ2v) is 7.03. The Labute approximate surface area is 183 Å². The number of hydrogen-bond acceptors (Lipinski definition) is 7. The quantitative estimate of drug-likeness (QED) is 0.655. The van der Waals surface area contributed by atoms with E-state index in [1.165, 1.54) is 14.2 Å². The molecule has 1 aliphatic rings. The predicted molar refractivity (Wildman–Crippen MR) is 117 cm³/mol. The fourth-order valence-corrected chi connectivity index (χ4v) is 3.74. The summed E-state index contributed by atoms with van der Waals surface area (Å²) in [5, 5.41) is 3.06. The first-order valence-electron chi connectivity index (χ1n) is 10.2. The molecule has 0 bridgehead atoms. The van der Waals surface area contributed by atoms with E-state index in [-0.39, 0.29) is 11.9 Å². The third kappa shape index (κ3) is 5.21. The highest BCUT2D eigenvalue weighted by atomic mass is 16.5. The molecule has 1 saturated heterocycles. The molecule has 0 spiro atoms. The lowest BCUT2D eigenvalue weighted by molar-refractivity contribution is 0.0162. The molecule has 1 unspecified atom stereocenters. The van der Waals surface area contributed by atoms with Crippen LogP contribution >= 0.6 is 0 Å². The van der Waals surface area contributed by atoms with Crippen molar-refractivity contribution in [3.8, 4) is 23.0 Å². The summed E-state index contributed by atoms with van der Waals surface area (Å²) < 4.78 is 26.9. The minimum atomic E-state index is -0.246. The molecular formula is C23H30N2O6. The van der Waals surface area contributed by atoms with Crippen LogP contribution in [0.4, 0.5) is 0 Å². The molecule has 2 aromatic rings. The number of carbonyl (C=O) groups excluding carboxylic acids is 1. The minimum Gasteiger partial charge on any atom is -0.497 e. The molecule has 0 radical (unpaired) electrons. The van der Waals surface area contributed by atoms with Crippen LogP contribution in [0.1, 0.15) is 22.0 Å². The number of ether oxygens (including phenoxy) is 5. The van der Waals surface area contributed by atoms with E-state index in [4.69, 9.17) is 23.7 Å². The summed E-state index contributed by atoms with van der Waals surface area (Å²) in [4.78, 5) is 15.4. The van der Waals surface area contributed by atoms with Crippen LogP contribution in [0.5, 0.6) is 23.0 Å². The van der Waals surface area contributed by atoms with Gasteiger partial charge < -0.3 is 29.0 Å². The highest BCUT2D eigenvalue weighted by Gasteiger charge is 2.25. The molecule has 168 valence electrons. The van der Waals surface area contributed by atoms with Crippen molar-refractivity contribution in [1.29, 1.82) is 0 Å². The summed E-state index contributed by atoms with van der Waals surface area (Å²) >= 11 is 0. The average Bonchev–Trinajstić information content (AvgIpc) is 2.83. The Morgan fingerprint density at radius 1 is 0.935 bits per heavy atom. The fourth-order valence-electron chi connectivity index (χ4n) is 3.74. The fraction of sp³-hybridized carbons (Fsp3) is 0.435. The first kappa shape index (κ1) is 22.7. The van der Waals surface area contributed by atoms with Crippen LogP contribution in [0, 0.1) is 0 Å². The van der Waals surface area contributed by atoms with Crippen molar-refractivity contribution in [2.45, 2.75) is 6.04 Å². The van der Waals surface area contributed by atoms with Gasteiger partial charge in [-0.25, -0.2) is 0 Å². The molecule has 1 aliphatic heterocycles. The van der Waals surface area contributed by atoms with Crippen LogP contribution < -0.4 is 24.3 Å². The molecular weight excluding hydrogens is 400 g/mol. The number of nitrogens with zero attached hydrogens (tertiary/aromatic N) is 1. The van der Waals surface area contributed by atoms with Crippen LogP contribution in [0.15, 0.2) is 36.4 Å². The Morgan fingerprint density at radius 3 is 2.19 bits per heavy atom. The van der Waals surface area contributed by atoms with Gasteiger partial charge in [0.15, 0.2) is 11.5 Å². The highest BCUT2D eigenvalue weighted by molar-refractivity contribution is 5.98. The second-order valence-electron chi connectivity index (χ2n) is 7.03. The molecule has 8 heteroatoms. The molecule has 1 fully saturated rings. The van der Waals surface area contributed by atoms with E-state index >= 15 is 0 Å². The van der Waals surface area contributed by atoms with Crippen molar-refractivity contribution < 1.29 is 28.5 Å². The highest BCUT2D eigenvalue weighted by Crippen LogP contribution is 2.39. The van der Waals surface area contributed by atoms with Gasteiger partial charge in [0.2, 0.25) is 5.75 Å². The molecule has 1 N–H and O–H groups in total. The summed E-state index contributed by atoms with van der Waals surface area (Å²) in [5.41, 5.74) is 1.48. The van der Waals surface area contributed by atoms with Crippen LogP contribution in [-0.2, 0) is 4.74 Å². The molecule has 0 aliphatic carbocycles. The lowest BCUT2D eigenvalue weighted by atomic mass is 10.0. The molecule has 1 heterocycles. The summed E-state index contributed by atoms with van der Waals surface area (Å²) in [6, 6.07) is 11.3. The number of benzene rings is 2. The maximum Gasteiger partial charge on any atom is 0.255 e. The molecule has 8 nitrogen and oxygen atoms in total. The molecule has 1 amide bonds. The third-order valence-electron chi connectivity index (χ3n) is 5.39. The lowest BCUT2D eigenvalue weighted by Crippen LogP contribution is -2.43. The number of morpholine rings is 1. The van der Waals surface area contributed by atoms with E-state index in [0.717, 1.165) is 24.4 Å². The summed E-state index contributed by atoms with van der Waals surface area (Å²) in [6.07, 6.45) is 0. The topological polar surface area (TPSA) is 78.5 Å². The van der Waals surface area contributed by atoms with Crippen LogP contribution in [0.3, 0.4) is 0 Å². The molecule has 2 aromatic carbocycles. The van der Waals surface area contributed by atoms with Crippen LogP contribution in [-0.4, -0.2) is 72.1 Å². The van der Waals surface area contributed by atoms with Gasteiger partial charge >= 0.3 is 0 Å². The monoisotopic (exact) mass is 430 g/mol. The molecule has 1 atom stereocenters. The molecule has 31 heavy (non-hydrogen) atoms. The summed E-state index contributed by atoms with van der Waals surface area (Å²) in [6.45, 7) is 3.37. The minimum absolute atomic E-state index is 0.00453. The van der Waals surface area contributed by atoms with Gasteiger partial charge in [0.1, 0.15) is 5.75 Å². The Balaban J connectivity index is 1.81. The summed E-state index contributed by atoms with van der Waals surface area (Å²) in [7, 11) is 6.20. The molecule has 0 saturated carbocycles. The van der Waals surface area contributed by atoms with Crippen molar-refractivity contribution in [1.82, 2.24) is 10.2 Å². The number of carbonyl (C=O) groups is 1. The normalized spacial score (nSPS) is 15.1. The van der Waals surface area contributed by atoms with Crippen LogP contribution in [0.25, 0.3) is 0 Å². The van der Waals surface area contributed by atoms with Crippen molar-refractivity contribution >= 4 is 5.91 Å². The van der Waals surface area contributed by atoms with Gasteiger partial charge in [-0.3, -0.25) is 9.69 Å². The van der Waals surface area contributed by atoms with E-state index in [1.807, 2.05) is 24.3 Å². The van der Waals surface area contributed by atoms with E-state index in [1.54, 1.807) is 26.4 Å².